The zero-order valence-corrected chi connectivity index (χ0v) is 14.8. The van der Waals surface area contributed by atoms with E-state index in [9.17, 15) is 19.7 Å². The zero-order valence-electron chi connectivity index (χ0n) is 14.8. The van der Waals surface area contributed by atoms with Crippen molar-refractivity contribution in [3.05, 3.63) is 54.1 Å². The van der Waals surface area contributed by atoms with Crippen molar-refractivity contribution >= 4 is 0 Å². The standard InChI is InChI=1S/C20H23FN2O4/c21-19-17(24)7-6-16(22-19)18(25)11-23-10-13-8-15(9-20(13,26)12-23)27-14-4-2-1-3-5-14/h1-7,13,15,18,24-26H,8-12H2/t13-,15+,18-,20-/m0/s1. The molecule has 1 saturated heterocycles. The summed E-state index contributed by atoms with van der Waals surface area (Å²) in [5.41, 5.74) is -0.674. The number of aliphatic hydroxyl groups is 2. The van der Waals surface area contributed by atoms with Gasteiger partial charge in [-0.1, -0.05) is 18.2 Å². The smallest absolute Gasteiger partial charge is 0.255 e. The predicted octanol–water partition coefficient (Wildman–Crippen LogP) is 1.86. The van der Waals surface area contributed by atoms with Crippen LogP contribution in [0.2, 0.25) is 0 Å². The molecule has 1 aliphatic heterocycles. The van der Waals surface area contributed by atoms with Crippen molar-refractivity contribution in [3.63, 3.8) is 0 Å². The minimum Gasteiger partial charge on any atom is -0.504 e. The van der Waals surface area contributed by atoms with Gasteiger partial charge >= 0.3 is 0 Å². The van der Waals surface area contributed by atoms with E-state index in [0.29, 0.717) is 19.5 Å². The Morgan fingerprint density at radius 3 is 2.74 bits per heavy atom. The van der Waals surface area contributed by atoms with E-state index in [1.54, 1.807) is 0 Å². The van der Waals surface area contributed by atoms with Crippen LogP contribution in [0.15, 0.2) is 42.5 Å². The van der Waals surface area contributed by atoms with Gasteiger partial charge in [0.05, 0.1) is 11.3 Å². The fourth-order valence-electron chi connectivity index (χ4n) is 4.27. The third-order valence-corrected chi connectivity index (χ3v) is 5.53. The highest BCUT2D eigenvalue weighted by atomic mass is 19.1. The van der Waals surface area contributed by atoms with Crippen LogP contribution in [0.3, 0.4) is 0 Å². The summed E-state index contributed by atoms with van der Waals surface area (Å²) in [7, 11) is 0. The summed E-state index contributed by atoms with van der Waals surface area (Å²) in [5.74, 6) is -0.661. The number of halogens is 1. The van der Waals surface area contributed by atoms with Gasteiger partial charge in [-0.25, -0.2) is 4.98 Å². The summed E-state index contributed by atoms with van der Waals surface area (Å²) in [6.07, 6.45) is 0.288. The fraction of sp³-hybridized carbons (Fsp3) is 0.450. The number of rotatable bonds is 5. The lowest BCUT2D eigenvalue weighted by Gasteiger charge is -2.24. The number of nitrogens with zero attached hydrogens (tertiary/aromatic N) is 2. The molecular weight excluding hydrogens is 351 g/mol. The van der Waals surface area contributed by atoms with Crippen molar-refractivity contribution in [2.45, 2.75) is 30.7 Å². The Morgan fingerprint density at radius 2 is 2.04 bits per heavy atom. The van der Waals surface area contributed by atoms with Gasteiger partial charge < -0.3 is 20.1 Å². The summed E-state index contributed by atoms with van der Waals surface area (Å²) in [4.78, 5) is 5.56. The van der Waals surface area contributed by atoms with E-state index in [4.69, 9.17) is 4.74 Å². The molecule has 0 amide bonds. The van der Waals surface area contributed by atoms with Gasteiger partial charge in [0.2, 0.25) is 0 Å². The van der Waals surface area contributed by atoms with Crippen molar-refractivity contribution in [2.24, 2.45) is 5.92 Å². The van der Waals surface area contributed by atoms with Crippen LogP contribution in [0.5, 0.6) is 11.5 Å². The molecule has 0 unspecified atom stereocenters. The van der Waals surface area contributed by atoms with E-state index in [-0.39, 0.29) is 24.3 Å². The number of hydrogen-bond acceptors (Lipinski definition) is 6. The van der Waals surface area contributed by atoms with Crippen LogP contribution >= 0.6 is 0 Å². The molecule has 4 atom stereocenters. The Labute approximate surface area is 156 Å². The van der Waals surface area contributed by atoms with Gasteiger partial charge in [-0.2, -0.15) is 4.39 Å². The van der Waals surface area contributed by atoms with Crippen LogP contribution in [-0.4, -0.2) is 56.5 Å². The topological polar surface area (TPSA) is 86.1 Å². The molecule has 2 aliphatic rings. The first-order valence-electron chi connectivity index (χ1n) is 9.13. The first-order chi connectivity index (χ1) is 12.9. The Kier molecular flexibility index (Phi) is 4.75. The third kappa shape index (κ3) is 3.76. The molecule has 4 rings (SSSR count). The average molecular weight is 374 g/mol. The maximum Gasteiger partial charge on any atom is 0.255 e. The van der Waals surface area contributed by atoms with Gasteiger partial charge in [-0.15, -0.1) is 0 Å². The van der Waals surface area contributed by atoms with E-state index in [0.717, 1.165) is 12.2 Å². The second kappa shape index (κ2) is 7.07. The lowest BCUT2D eigenvalue weighted by atomic mass is 9.95. The molecule has 144 valence electrons. The summed E-state index contributed by atoms with van der Waals surface area (Å²) in [6, 6.07) is 12.2. The molecule has 1 saturated carbocycles. The number of aliphatic hydroxyl groups excluding tert-OH is 1. The van der Waals surface area contributed by atoms with Gasteiger partial charge in [-0.05, 0) is 30.7 Å². The number of β-amino-alcohol motifs (C(OH)–C–C–N with tert-alkyl or cyclic N) is 2. The molecular formula is C20H23FN2O4. The molecule has 0 bridgehead atoms. The Hall–Kier alpha value is -2.22. The molecule has 2 fully saturated rings. The largest absolute Gasteiger partial charge is 0.504 e. The van der Waals surface area contributed by atoms with E-state index >= 15 is 0 Å². The molecule has 3 N–H and O–H groups in total. The monoisotopic (exact) mass is 374 g/mol. The number of aromatic nitrogens is 1. The van der Waals surface area contributed by atoms with Crippen molar-refractivity contribution in [1.82, 2.24) is 9.88 Å². The minimum atomic E-state index is -0.996. The number of benzene rings is 1. The number of likely N-dealkylation sites (tertiary alicyclic amines) is 1. The van der Waals surface area contributed by atoms with Crippen LogP contribution in [-0.2, 0) is 0 Å². The maximum absolute atomic E-state index is 13.4. The van der Waals surface area contributed by atoms with E-state index in [1.165, 1.54) is 12.1 Å². The van der Waals surface area contributed by atoms with Gasteiger partial charge in [0, 0.05) is 32.0 Å². The third-order valence-electron chi connectivity index (χ3n) is 5.53. The molecule has 0 radical (unpaired) electrons. The summed E-state index contributed by atoms with van der Waals surface area (Å²) in [5, 5.41) is 30.5. The first-order valence-corrected chi connectivity index (χ1v) is 9.13. The van der Waals surface area contributed by atoms with Crippen LogP contribution < -0.4 is 4.74 Å². The normalized spacial score (nSPS) is 28.9. The Morgan fingerprint density at radius 1 is 1.26 bits per heavy atom. The predicted molar refractivity (Wildman–Crippen MR) is 95.8 cm³/mol. The number of para-hydroxylation sites is 1. The van der Waals surface area contributed by atoms with Gasteiger partial charge in [-0.3, -0.25) is 4.90 Å². The SMILES string of the molecule is Oc1ccc([C@@H](O)CN2C[C@@H]3C[C@@H](Oc4ccccc4)C[C@]3(O)C2)nc1F. The molecule has 27 heavy (non-hydrogen) atoms. The number of hydrogen-bond donors (Lipinski definition) is 3. The maximum atomic E-state index is 13.4. The second-order valence-electron chi connectivity index (χ2n) is 7.55. The fourth-order valence-corrected chi connectivity index (χ4v) is 4.27. The van der Waals surface area contributed by atoms with E-state index in [1.807, 2.05) is 35.2 Å². The summed E-state index contributed by atoms with van der Waals surface area (Å²) in [6.45, 7) is 1.33. The molecule has 1 aliphatic carbocycles. The van der Waals surface area contributed by atoms with Gasteiger partial charge in [0.1, 0.15) is 18.0 Å². The van der Waals surface area contributed by atoms with Crippen LogP contribution in [0.25, 0.3) is 0 Å². The number of pyridine rings is 1. The lowest BCUT2D eigenvalue weighted by molar-refractivity contribution is 0.0176. The van der Waals surface area contributed by atoms with E-state index in [2.05, 4.69) is 4.98 Å². The average Bonchev–Trinajstić information content (AvgIpc) is 3.08. The molecule has 2 heterocycles. The second-order valence-corrected chi connectivity index (χ2v) is 7.55. The Bertz CT molecular complexity index is 806. The summed E-state index contributed by atoms with van der Waals surface area (Å²) >= 11 is 0. The van der Waals surface area contributed by atoms with Crippen molar-refractivity contribution in [3.8, 4) is 11.5 Å². The van der Waals surface area contributed by atoms with E-state index < -0.39 is 23.4 Å². The van der Waals surface area contributed by atoms with Gasteiger partial charge in [0.15, 0.2) is 5.75 Å². The van der Waals surface area contributed by atoms with Crippen molar-refractivity contribution in [2.75, 3.05) is 19.6 Å². The molecule has 2 aromatic rings. The van der Waals surface area contributed by atoms with Gasteiger partial charge in [0.25, 0.3) is 5.95 Å². The minimum absolute atomic E-state index is 0.0256. The van der Waals surface area contributed by atoms with Crippen molar-refractivity contribution in [1.29, 1.82) is 0 Å². The molecule has 7 heteroatoms. The highest BCUT2D eigenvalue weighted by Crippen LogP contribution is 2.43. The molecule has 0 spiro atoms. The molecule has 6 nitrogen and oxygen atoms in total. The lowest BCUT2D eigenvalue weighted by Crippen LogP contribution is -2.36. The number of aromatic hydroxyl groups is 1. The number of ether oxygens (including phenoxy) is 1. The quantitative estimate of drug-likeness (QED) is 0.693. The highest BCUT2D eigenvalue weighted by molar-refractivity contribution is 5.23. The van der Waals surface area contributed by atoms with Crippen molar-refractivity contribution < 1.29 is 24.4 Å². The Balaban J connectivity index is 1.35. The van der Waals surface area contributed by atoms with Crippen LogP contribution in [0, 0.1) is 11.9 Å². The molecule has 1 aromatic heterocycles. The highest BCUT2D eigenvalue weighted by Gasteiger charge is 2.52. The zero-order chi connectivity index (χ0) is 19.0. The first kappa shape index (κ1) is 18.2. The number of fused-ring (bicyclic) bond motifs is 1. The summed E-state index contributed by atoms with van der Waals surface area (Å²) < 4.78 is 19.4. The van der Waals surface area contributed by atoms with Crippen LogP contribution in [0.4, 0.5) is 4.39 Å². The molecule has 1 aromatic carbocycles. The van der Waals surface area contributed by atoms with Crippen LogP contribution in [0.1, 0.15) is 24.6 Å².